The maximum atomic E-state index is 14.9. The summed E-state index contributed by atoms with van der Waals surface area (Å²) >= 11 is 5.96. The van der Waals surface area contributed by atoms with Crippen LogP contribution in [0.25, 0.3) is 11.1 Å². The molecular weight excluding hydrogens is 367 g/mol. The van der Waals surface area contributed by atoms with E-state index >= 15 is 0 Å². The van der Waals surface area contributed by atoms with Crippen molar-refractivity contribution in [1.82, 2.24) is 0 Å². The third-order valence-electron chi connectivity index (χ3n) is 7.31. The van der Waals surface area contributed by atoms with Crippen LogP contribution in [-0.2, 0) is 0 Å². The third kappa shape index (κ3) is 4.46. The van der Waals surface area contributed by atoms with Crippen molar-refractivity contribution in [2.24, 2.45) is 17.8 Å². The lowest BCUT2D eigenvalue weighted by atomic mass is 9.63. The second-order valence-corrected chi connectivity index (χ2v) is 9.53. The van der Waals surface area contributed by atoms with Crippen LogP contribution in [0.3, 0.4) is 0 Å². The molecule has 2 heteroatoms. The zero-order valence-electron chi connectivity index (χ0n) is 17.0. The summed E-state index contributed by atoms with van der Waals surface area (Å²) in [5, 5.41) is 0.682. The topological polar surface area (TPSA) is 0 Å². The average Bonchev–Trinajstić information content (AvgIpc) is 2.72. The minimum atomic E-state index is -0.106. The summed E-state index contributed by atoms with van der Waals surface area (Å²) in [5.74, 6) is 3.17. The van der Waals surface area contributed by atoms with Gasteiger partial charge in [-0.25, -0.2) is 4.39 Å². The minimum absolute atomic E-state index is 0.106. The van der Waals surface area contributed by atoms with Gasteiger partial charge in [-0.3, -0.25) is 0 Å². The Bertz CT molecular complexity index is 782. The Morgan fingerprint density at radius 3 is 2.43 bits per heavy atom. The van der Waals surface area contributed by atoms with Gasteiger partial charge in [-0.05, 0) is 85.1 Å². The number of hydrogen-bond donors (Lipinski definition) is 0. The SMILES string of the molecule is CCCCC1CCC2CC(c3ccc(-c4ccc(Cl)cc4)c(F)c3)CCC2C1. The van der Waals surface area contributed by atoms with Crippen LogP contribution in [-0.4, -0.2) is 0 Å². The fourth-order valence-electron chi connectivity index (χ4n) is 5.69. The van der Waals surface area contributed by atoms with Crippen LogP contribution in [0.5, 0.6) is 0 Å². The van der Waals surface area contributed by atoms with Gasteiger partial charge in [-0.15, -0.1) is 0 Å². The molecule has 0 heterocycles. The van der Waals surface area contributed by atoms with Gasteiger partial charge in [0.15, 0.2) is 0 Å². The first-order chi connectivity index (χ1) is 13.6. The molecule has 4 rings (SSSR count). The van der Waals surface area contributed by atoms with E-state index in [0.717, 1.165) is 23.3 Å². The van der Waals surface area contributed by atoms with E-state index in [-0.39, 0.29) is 5.82 Å². The van der Waals surface area contributed by atoms with E-state index in [2.05, 4.69) is 13.0 Å². The first-order valence-electron chi connectivity index (χ1n) is 11.2. The summed E-state index contributed by atoms with van der Waals surface area (Å²) in [6.07, 6.45) is 12.2. The minimum Gasteiger partial charge on any atom is -0.206 e. The van der Waals surface area contributed by atoms with Crippen molar-refractivity contribution in [2.75, 3.05) is 0 Å². The lowest BCUT2D eigenvalue weighted by Gasteiger charge is -2.42. The third-order valence-corrected chi connectivity index (χ3v) is 7.56. The van der Waals surface area contributed by atoms with Crippen molar-refractivity contribution in [2.45, 2.75) is 70.6 Å². The maximum absolute atomic E-state index is 14.9. The predicted octanol–water partition coefficient (Wildman–Crippen LogP) is 8.64. The summed E-state index contributed by atoms with van der Waals surface area (Å²) in [6, 6.07) is 13.3. The van der Waals surface area contributed by atoms with Gasteiger partial charge in [-0.2, -0.15) is 0 Å². The van der Waals surface area contributed by atoms with Crippen LogP contribution in [0.15, 0.2) is 42.5 Å². The van der Waals surface area contributed by atoms with E-state index < -0.39 is 0 Å². The lowest BCUT2D eigenvalue weighted by Crippen LogP contribution is -2.30. The van der Waals surface area contributed by atoms with Crippen molar-refractivity contribution in [3.8, 4) is 11.1 Å². The van der Waals surface area contributed by atoms with Gasteiger partial charge in [0, 0.05) is 10.6 Å². The second-order valence-electron chi connectivity index (χ2n) is 9.10. The molecule has 4 atom stereocenters. The van der Waals surface area contributed by atoms with Crippen LogP contribution in [0, 0.1) is 23.6 Å². The van der Waals surface area contributed by atoms with Gasteiger partial charge in [-0.1, -0.05) is 68.5 Å². The normalized spacial score (nSPS) is 27.4. The van der Waals surface area contributed by atoms with Crippen molar-refractivity contribution in [3.05, 3.63) is 58.9 Å². The Hall–Kier alpha value is -1.34. The number of rotatable bonds is 5. The summed E-state index contributed by atoms with van der Waals surface area (Å²) < 4.78 is 14.9. The van der Waals surface area contributed by atoms with Gasteiger partial charge in [0.25, 0.3) is 0 Å². The standard InChI is InChI=1S/C26H32ClF/c1-2-3-4-18-5-6-21-16-22(8-7-20(21)15-18)23-11-14-25(26(28)17-23)19-9-12-24(27)13-10-19/h9-14,17-18,20-22H,2-8,15-16H2,1H3. The highest BCUT2D eigenvalue weighted by Crippen LogP contribution is 2.48. The predicted molar refractivity (Wildman–Crippen MR) is 117 cm³/mol. The van der Waals surface area contributed by atoms with Crippen molar-refractivity contribution in [3.63, 3.8) is 0 Å². The zero-order chi connectivity index (χ0) is 19.5. The molecule has 0 saturated heterocycles. The molecule has 0 aromatic heterocycles. The largest absolute Gasteiger partial charge is 0.206 e. The molecule has 2 aliphatic rings. The van der Waals surface area contributed by atoms with E-state index in [4.69, 9.17) is 11.6 Å². The smallest absolute Gasteiger partial charge is 0.131 e. The monoisotopic (exact) mass is 398 g/mol. The molecule has 0 radical (unpaired) electrons. The Morgan fingerprint density at radius 1 is 0.929 bits per heavy atom. The van der Waals surface area contributed by atoms with Crippen LogP contribution in [0.2, 0.25) is 5.02 Å². The molecule has 0 N–H and O–H groups in total. The molecule has 2 saturated carbocycles. The molecule has 150 valence electrons. The molecule has 0 aliphatic heterocycles. The summed E-state index contributed by atoms with van der Waals surface area (Å²) in [4.78, 5) is 0. The van der Waals surface area contributed by atoms with Crippen LogP contribution in [0.4, 0.5) is 4.39 Å². The van der Waals surface area contributed by atoms with E-state index in [1.807, 2.05) is 30.3 Å². The molecule has 0 spiro atoms. The van der Waals surface area contributed by atoms with Crippen LogP contribution < -0.4 is 0 Å². The highest BCUT2D eigenvalue weighted by Gasteiger charge is 2.35. The Kier molecular flexibility index (Phi) is 6.41. The molecule has 0 bridgehead atoms. The molecule has 2 fully saturated rings. The number of hydrogen-bond acceptors (Lipinski definition) is 0. The van der Waals surface area contributed by atoms with E-state index in [9.17, 15) is 4.39 Å². The Labute approximate surface area is 174 Å². The number of fused-ring (bicyclic) bond motifs is 1. The fourth-order valence-corrected chi connectivity index (χ4v) is 5.82. The lowest BCUT2D eigenvalue weighted by molar-refractivity contribution is 0.113. The summed E-state index contributed by atoms with van der Waals surface area (Å²) in [5.41, 5.74) is 2.76. The molecular formula is C26H32ClF. The summed E-state index contributed by atoms with van der Waals surface area (Å²) in [7, 11) is 0. The molecule has 4 unspecified atom stereocenters. The molecule has 0 amide bonds. The highest BCUT2D eigenvalue weighted by molar-refractivity contribution is 6.30. The van der Waals surface area contributed by atoms with Crippen molar-refractivity contribution < 1.29 is 4.39 Å². The molecule has 2 aliphatic carbocycles. The second kappa shape index (κ2) is 8.99. The summed E-state index contributed by atoms with van der Waals surface area (Å²) in [6.45, 7) is 2.30. The molecule has 0 nitrogen and oxygen atoms in total. The molecule has 28 heavy (non-hydrogen) atoms. The Balaban J connectivity index is 1.42. The van der Waals surface area contributed by atoms with Crippen molar-refractivity contribution in [1.29, 1.82) is 0 Å². The van der Waals surface area contributed by atoms with Crippen LogP contribution >= 0.6 is 11.6 Å². The van der Waals surface area contributed by atoms with Gasteiger partial charge >= 0.3 is 0 Å². The van der Waals surface area contributed by atoms with Crippen molar-refractivity contribution >= 4 is 11.6 Å². The number of halogens is 2. The van der Waals surface area contributed by atoms with E-state index in [0.29, 0.717) is 16.5 Å². The van der Waals surface area contributed by atoms with E-state index in [1.165, 1.54) is 63.4 Å². The van der Waals surface area contributed by atoms with Gasteiger partial charge < -0.3 is 0 Å². The quantitative estimate of drug-likeness (QED) is 0.472. The number of unbranched alkanes of at least 4 members (excludes halogenated alkanes) is 1. The van der Waals surface area contributed by atoms with Gasteiger partial charge in [0.1, 0.15) is 5.82 Å². The maximum Gasteiger partial charge on any atom is 0.131 e. The van der Waals surface area contributed by atoms with E-state index in [1.54, 1.807) is 6.07 Å². The Morgan fingerprint density at radius 2 is 1.68 bits per heavy atom. The van der Waals surface area contributed by atoms with Gasteiger partial charge in [0.05, 0.1) is 0 Å². The van der Waals surface area contributed by atoms with Gasteiger partial charge in [0.2, 0.25) is 0 Å². The first-order valence-corrected chi connectivity index (χ1v) is 11.6. The number of benzene rings is 2. The first kappa shape index (κ1) is 20.0. The highest BCUT2D eigenvalue weighted by atomic mass is 35.5. The van der Waals surface area contributed by atoms with Crippen LogP contribution in [0.1, 0.15) is 76.2 Å². The fraction of sp³-hybridized carbons (Fsp3) is 0.538. The average molecular weight is 399 g/mol. The zero-order valence-corrected chi connectivity index (χ0v) is 17.7. The molecule has 2 aromatic carbocycles. The molecule has 2 aromatic rings.